The molecule has 0 bridgehead atoms. The zero-order valence-electron chi connectivity index (χ0n) is 14.5. The molecule has 4 rings (SSSR count). The van der Waals surface area contributed by atoms with E-state index in [1.165, 1.54) is 16.6 Å². The molecule has 0 N–H and O–H groups in total. The summed E-state index contributed by atoms with van der Waals surface area (Å²) in [5, 5.41) is 0.772. The van der Waals surface area contributed by atoms with Crippen LogP contribution < -0.4 is 21.5 Å². The number of ether oxygens (including phenoxy) is 2. The third-order valence-electron chi connectivity index (χ3n) is 4.52. The molecule has 1 aromatic heterocycles. The van der Waals surface area contributed by atoms with Crippen LogP contribution in [0.1, 0.15) is 18.4 Å². The monoisotopic (exact) mass is 436 g/mol. The van der Waals surface area contributed by atoms with E-state index in [2.05, 4.69) is 45.8 Å². The molecular weight excluding hydrogens is 416 g/mol. The molecule has 0 unspecified atom stereocenters. The van der Waals surface area contributed by atoms with E-state index in [0.29, 0.717) is 0 Å². The summed E-state index contributed by atoms with van der Waals surface area (Å²) in [6.45, 7) is 3.26. The number of fused-ring (bicyclic) bond motifs is 1. The van der Waals surface area contributed by atoms with Crippen LogP contribution in [-0.2, 0) is 22.6 Å². The first-order chi connectivity index (χ1) is 12.3. The molecule has 4 nitrogen and oxygen atoms in total. The zero-order chi connectivity index (χ0) is 17.1. The van der Waals surface area contributed by atoms with E-state index in [1.807, 2.05) is 18.2 Å². The van der Waals surface area contributed by atoms with Crippen LogP contribution in [-0.4, -0.2) is 24.1 Å². The van der Waals surface area contributed by atoms with Crippen LogP contribution in [0, 0.1) is 0 Å². The van der Waals surface area contributed by atoms with Crippen molar-refractivity contribution in [2.45, 2.75) is 32.2 Å². The Morgan fingerprint density at radius 3 is 2.69 bits per heavy atom. The minimum absolute atomic E-state index is 0. The first-order valence-electron chi connectivity index (χ1n) is 8.74. The lowest BCUT2D eigenvalue weighted by atomic mass is 10.2. The van der Waals surface area contributed by atoms with E-state index in [4.69, 9.17) is 21.1 Å². The van der Waals surface area contributed by atoms with E-state index >= 15 is 0 Å². The highest BCUT2D eigenvalue weighted by Crippen LogP contribution is 2.16. The van der Waals surface area contributed by atoms with Crippen LogP contribution in [0.2, 0.25) is 5.02 Å². The van der Waals surface area contributed by atoms with Gasteiger partial charge in [-0.1, -0.05) is 35.9 Å². The molecule has 0 spiro atoms. The Kier molecular flexibility index (Phi) is 6.70. The summed E-state index contributed by atoms with van der Waals surface area (Å²) in [5.74, 6) is 0. The van der Waals surface area contributed by atoms with E-state index in [0.717, 1.165) is 44.2 Å². The van der Waals surface area contributed by atoms with Crippen molar-refractivity contribution in [1.82, 2.24) is 4.57 Å². The number of imidazole rings is 1. The van der Waals surface area contributed by atoms with E-state index in [9.17, 15) is 0 Å². The number of hydrogen-bond acceptors (Lipinski definition) is 2. The summed E-state index contributed by atoms with van der Waals surface area (Å²) < 4.78 is 15.9. The van der Waals surface area contributed by atoms with Gasteiger partial charge in [-0.05, 0) is 36.2 Å². The highest BCUT2D eigenvalue weighted by Gasteiger charge is 2.19. The molecule has 1 aliphatic heterocycles. The zero-order valence-corrected chi connectivity index (χ0v) is 16.8. The van der Waals surface area contributed by atoms with Crippen molar-refractivity contribution in [1.29, 1.82) is 0 Å². The van der Waals surface area contributed by atoms with Crippen LogP contribution in [0.15, 0.2) is 54.9 Å². The topological polar surface area (TPSA) is 27.3 Å². The smallest absolute Gasteiger partial charge is 0.245 e. The van der Waals surface area contributed by atoms with E-state index < -0.39 is 0 Å². The molecule has 1 fully saturated rings. The molecule has 6 heteroatoms. The number of rotatable bonds is 5. The van der Waals surface area contributed by atoms with Crippen molar-refractivity contribution >= 4 is 22.6 Å². The predicted octanol–water partition coefficient (Wildman–Crippen LogP) is 0.788. The molecular formula is C20H22BrClN2O2. The van der Waals surface area contributed by atoms with Gasteiger partial charge in [0, 0.05) is 11.4 Å². The standard InChI is InChI=1S/C20H22ClN2O2.BrH/c21-17-6-3-5-16(13-17)14-23-15-22(18-7-1-2-8-19(18)23)10-9-20-24-11-4-12-25-20;/h1-3,5-8,13,15,20H,4,9-12,14H2;1H/q+1;/p-1. The van der Waals surface area contributed by atoms with Crippen LogP contribution in [0.25, 0.3) is 11.0 Å². The quantitative estimate of drug-likeness (QED) is 0.552. The van der Waals surface area contributed by atoms with Gasteiger partial charge in [-0.15, -0.1) is 0 Å². The number of aromatic nitrogens is 2. The highest BCUT2D eigenvalue weighted by atomic mass is 79.9. The first kappa shape index (κ1) is 19.4. The molecule has 0 aliphatic carbocycles. The number of benzene rings is 2. The van der Waals surface area contributed by atoms with Gasteiger partial charge in [0.25, 0.3) is 0 Å². The van der Waals surface area contributed by atoms with Gasteiger partial charge >= 0.3 is 0 Å². The highest BCUT2D eigenvalue weighted by molar-refractivity contribution is 6.30. The number of halogens is 2. The lowest BCUT2D eigenvalue weighted by Crippen LogP contribution is -3.00. The Labute approximate surface area is 169 Å². The van der Waals surface area contributed by atoms with Crippen molar-refractivity contribution in [2.75, 3.05) is 13.2 Å². The normalized spacial score (nSPS) is 15.1. The SMILES string of the molecule is Clc1cccc(C[n+]2cn(CCC3OCCCO3)c3ccccc32)c1.[Br-]. The van der Waals surface area contributed by atoms with Crippen molar-refractivity contribution in [2.24, 2.45) is 0 Å². The van der Waals surface area contributed by atoms with Crippen LogP contribution in [0.4, 0.5) is 0 Å². The van der Waals surface area contributed by atoms with Gasteiger partial charge in [0.1, 0.15) is 6.54 Å². The van der Waals surface area contributed by atoms with Gasteiger partial charge in [0.05, 0.1) is 19.8 Å². The summed E-state index contributed by atoms with van der Waals surface area (Å²) in [5.41, 5.74) is 3.63. The van der Waals surface area contributed by atoms with Crippen LogP contribution in [0.3, 0.4) is 0 Å². The third-order valence-corrected chi connectivity index (χ3v) is 4.76. The Morgan fingerprint density at radius 1 is 1.08 bits per heavy atom. The summed E-state index contributed by atoms with van der Waals surface area (Å²) in [4.78, 5) is 0. The maximum Gasteiger partial charge on any atom is 0.245 e. The van der Waals surface area contributed by atoms with E-state index in [-0.39, 0.29) is 23.3 Å². The summed E-state index contributed by atoms with van der Waals surface area (Å²) in [7, 11) is 0. The fraction of sp³-hybridized carbons (Fsp3) is 0.350. The second-order valence-electron chi connectivity index (χ2n) is 6.37. The molecule has 2 heterocycles. The molecule has 3 aromatic rings. The molecule has 1 saturated heterocycles. The minimum Gasteiger partial charge on any atom is -1.00 e. The molecule has 1 aliphatic rings. The largest absolute Gasteiger partial charge is 1.00 e. The number of para-hydroxylation sites is 2. The van der Waals surface area contributed by atoms with Crippen molar-refractivity contribution in [3.05, 3.63) is 65.4 Å². The lowest BCUT2D eigenvalue weighted by Gasteiger charge is -2.22. The molecule has 0 radical (unpaired) electrons. The Morgan fingerprint density at radius 2 is 1.88 bits per heavy atom. The van der Waals surface area contributed by atoms with Gasteiger partial charge < -0.3 is 26.5 Å². The Balaban J connectivity index is 0.00000196. The van der Waals surface area contributed by atoms with Gasteiger partial charge in [-0.3, -0.25) is 0 Å². The van der Waals surface area contributed by atoms with Gasteiger partial charge in [0.15, 0.2) is 17.3 Å². The summed E-state index contributed by atoms with van der Waals surface area (Å²) in [6, 6.07) is 16.5. The first-order valence-corrected chi connectivity index (χ1v) is 9.12. The minimum atomic E-state index is -0.0868. The Hall–Kier alpha value is -1.40. The fourth-order valence-corrected chi connectivity index (χ4v) is 3.54. The second-order valence-corrected chi connectivity index (χ2v) is 6.81. The number of hydrogen-bond donors (Lipinski definition) is 0. The van der Waals surface area contributed by atoms with E-state index in [1.54, 1.807) is 0 Å². The molecule has 0 saturated carbocycles. The number of nitrogens with zero attached hydrogens (tertiary/aromatic N) is 2. The van der Waals surface area contributed by atoms with Gasteiger partial charge in [-0.25, -0.2) is 9.13 Å². The molecule has 2 aromatic carbocycles. The van der Waals surface area contributed by atoms with Crippen molar-refractivity contribution in [3.63, 3.8) is 0 Å². The maximum atomic E-state index is 6.13. The van der Waals surface area contributed by atoms with Crippen LogP contribution >= 0.6 is 11.6 Å². The summed E-state index contributed by atoms with van der Waals surface area (Å²) in [6.07, 6.45) is 3.93. The fourth-order valence-electron chi connectivity index (χ4n) is 3.33. The van der Waals surface area contributed by atoms with Crippen LogP contribution in [0.5, 0.6) is 0 Å². The van der Waals surface area contributed by atoms with Crippen molar-refractivity contribution < 1.29 is 31.0 Å². The predicted molar refractivity (Wildman–Crippen MR) is 97.6 cm³/mol. The average molecular weight is 438 g/mol. The molecule has 0 atom stereocenters. The lowest BCUT2D eigenvalue weighted by molar-refractivity contribution is -0.663. The van der Waals surface area contributed by atoms with Crippen molar-refractivity contribution in [3.8, 4) is 0 Å². The average Bonchev–Trinajstić information content (AvgIpc) is 2.99. The molecule has 138 valence electrons. The number of aryl methyl sites for hydroxylation is 1. The second kappa shape index (κ2) is 9.00. The summed E-state index contributed by atoms with van der Waals surface area (Å²) >= 11 is 6.13. The third kappa shape index (κ3) is 4.46. The van der Waals surface area contributed by atoms with Gasteiger partial charge in [-0.2, -0.15) is 0 Å². The molecule has 26 heavy (non-hydrogen) atoms. The van der Waals surface area contributed by atoms with Gasteiger partial charge in [0.2, 0.25) is 6.33 Å². The Bertz CT molecular complexity index is 862. The molecule has 0 amide bonds. The maximum absolute atomic E-state index is 6.13.